The third kappa shape index (κ3) is 4.43. The van der Waals surface area contributed by atoms with Crippen LogP contribution < -0.4 is 0 Å². The van der Waals surface area contributed by atoms with Crippen molar-refractivity contribution < 1.29 is 4.92 Å². The van der Waals surface area contributed by atoms with Gasteiger partial charge in [-0.15, -0.1) is 5.11 Å². The molecule has 0 N–H and O–H groups in total. The molecule has 1 aliphatic carbocycles. The monoisotopic (exact) mass is 437 g/mol. The van der Waals surface area contributed by atoms with Crippen molar-refractivity contribution in [3.63, 3.8) is 0 Å². The SMILES string of the molecule is O=[N+]([O-])c1ccc(N=NN2N=C3/C(=C/c4ccccc4)CCC[C@@H]3[C@H]2c2ccccc2)cc1. The zero-order valence-electron chi connectivity index (χ0n) is 18.0. The lowest BCUT2D eigenvalue weighted by atomic mass is 9.78. The molecule has 2 atom stereocenters. The van der Waals surface area contributed by atoms with Crippen LogP contribution in [0.15, 0.2) is 106 Å². The number of non-ortho nitro benzene ring substituents is 1. The Kier molecular flexibility index (Phi) is 5.76. The number of nitro groups is 1. The zero-order chi connectivity index (χ0) is 22.6. The van der Waals surface area contributed by atoms with E-state index >= 15 is 0 Å². The van der Waals surface area contributed by atoms with E-state index in [0.717, 1.165) is 36.1 Å². The molecule has 1 fully saturated rings. The van der Waals surface area contributed by atoms with Crippen molar-refractivity contribution in [1.29, 1.82) is 0 Å². The summed E-state index contributed by atoms with van der Waals surface area (Å²) >= 11 is 0. The molecule has 7 nitrogen and oxygen atoms in total. The van der Waals surface area contributed by atoms with Crippen LogP contribution in [0.2, 0.25) is 0 Å². The summed E-state index contributed by atoms with van der Waals surface area (Å²) in [5.74, 6) is 0.229. The second-order valence-corrected chi connectivity index (χ2v) is 8.20. The Hall–Kier alpha value is -4.13. The van der Waals surface area contributed by atoms with E-state index < -0.39 is 4.92 Å². The highest BCUT2D eigenvalue weighted by Crippen LogP contribution is 2.44. The van der Waals surface area contributed by atoms with Gasteiger partial charge in [0.1, 0.15) is 6.04 Å². The van der Waals surface area contributed by atoms with Crippen LogP contribution in [-0.4, -0.2) is 15.8 Å². The molecule has 0 bridgehead atoms. The molecule has 0 aromatic heterocycles. The van der Waals surface area contributed by atoms with Crippen LogP contribution in [0.1, 0.15) is 36.4 Å². The van der Waals surface area contributed by atoms with Gasteiger partial charge in [-0.25, -0.2) is 0 Å². The molecule has 7 heteroatoms. The second kappa shape index (κ2) is 9.16. The van der Waals surface area contributed by atoms with Crippen LogP contribution in [0.25, 0.3) is 6.08 Å². The molecule has 0 amide bonds. The lowest BCUT2D eigenvalue weighted by Crippen LogP contribution is -2.26. The third-order valence-corrected chi connectivity index (χ3v) is 6.08. The minimum Gasteiger partial charge on any atom is -0.258 e. The van der Waals surface area contributed by atoms with Crippen LogP contribution in [0, 0.1) is 16.0 Å². The average molecular weight is 438 g/mol. The number of hydrogen-bond donors (Lipinski definition) is 0. The second-order valence-electron chi connectivity index (χ2n) is 8.20. The number of nitrogens with zero attached hydrogens (tertiary/aromatic N) is 5. The predicted octanol–water partition coefficient (Wildman–Crippen LogP) is 6.89. The van der Waals surface area contributed by atoms with E-state index in [0.29, 0.717) is 5.69 Å². The van der Waals surface area contributed by atoms with Gasteiger partial charge in [-0.1, -0.05) is 60.7 Å². The summed E-state index contributed by atoms with van der Waals surface area (Å²) in [5, 5.41) is 26.3. The molecule has 1 aliphatic heterocycles. The Morgan fingerprint density at radius 2 is 1.67 bits per heavy atom. The molecule has 33 heavy (non-hydrogen) atoms. The predicted molar refractivity (Wildman–Crippen MR) is 128 cm³/mol. The molecular formula is C26H23N5O2. The van der Waals surface area contributed by atoms with Crippen molar-refractivity contribution in [2.45, 2.75) is 25.3 Å². The maximum absolute atomic E-state index is 10.9. The summed E-state index contributed by atoms with van der Waals surface area (Å²) in [6.07, 6.45) is 5.34. The lowest BCUT2D eigenvalue weighted by Gasteiger charge is -2.27. The van der Waals surface area contributed by atoms with Crippen LogP contribution in [0.3, 0.4) is 0 Å². The fraction of sp³-hybridized carbons (Fsp3) is 0.192. The largest absolute Gasteiger partial charge is 0.269 e. The first-order valence-electron chi connectivity index (χ1n) is 11.0. The van der Waals surface area contributed by atoms with Gasteiger partial charge in [0.05, 0.1) is 16.3 Å². The average Bonchev–Trinajstić information content (AvgIpc) is 3.24. The molecule has 0 saturated heterocycles. The van der Waals surface area contributed by atoms with Crippen molar-refractivity contribution in [3.8, 4) is 0 Å². The van der Waals surface area contributed by atoms with E-state index in [9.17, 15) is 10.1 Å². The number of hydrogen-bond acceptors (Lipinski definition) is 5. The van der Waals surface area contributed by atoms with Gasteiger partial charge < -0.3 is 0 Å². The number of benzene rings is 3. The van der Waals surface area contributed by atoms with Gasteiger partial charge in [0, 0.05) is 18.1 Å². The van der Waals surface area contributed by atoms with E-state index in [1.165, 1.54) is 17.7 Å². The Bertz CT molecular complexity index is 1220. The number of nitro benzene ring substituents is 1. The number of allylic oxidation sites excluding steroid dienone is 1. The standard InChI is InChI=1S/C26H23N5O2/c32-31(33)23-16-14-22(15-17-23)27-29-30-26(20-10-5-2-6-11-20)24-13-7-12-21(25(24)28-30)18-19-8-3-1-4-9-19/h1-6,8-11,14-18,24,26H,7,12-13H2/b21-18+,29-27?/t24-,26+/m0/s1. The van der Waals surface area contributed by atoms with Crippen molar-refractivity contribution in [2.75, 3.05) is 0 Å². The Morgan fingerprint density at radius 3 is 2.36 bits per heavy atom. The van der Waals surface area contributed by atoms with Gasteiger partial charge in [-0.3, -0.25) is 10.1 Å². The fourth-order valence-corrected chi connectivity index (χ4v) is 4.52. The highest BCUT2D eigenvalue weighted by molar-refractivity contribution is 6.07. The third-order valence-electron chi connectivity index (χ3n) is 6.08. The Balaban J connectivity index is 1.49. The molecule has 0 unspecified atom stereocenters. The first kappa shape index (κ1) is 20.8. The number of fused-ring (bicyclic) bond motifs is 1. The molecule has 1 heterocycles. The summed E-state index contributed by atoms with van der Waals surface area (Å²) in [6, 6.07) is 26.6. The summed E-state index contributed by atoms with van der Waals surface area (Å²) in [6.45, 7) is 0. The van der Waals surface area contributed by atoms with Crippen LogP contribution in [0.4, 0.5) is 11.4 Å². The normalized spacial score (nSPS) is 21.3. The van der Waals surface area contributed by atoms with E-state index in [2.05, 4.69) is 40.7 Å². The first-order valence-corrected chi connectivity index (χ1v) is 11.0. The maximum Gasteiger partial charge on any atom is 0.269 e. The van der Waals surface area contributed by atoms with E-state index in [4.69, 9.17) is 5.10 Å². The molecule has 3 aromatic rings. The quantitative estimate of drug-likeness (QED) is 0.247. The fourth-order valence-electron chi connectivity index (χ4n) is 4.52. The number of hydrazone groups is 1. The van der Waals surface area contributed by atoms with Gasteiger partial charge in [0.15, 0.2) is 0 Å². The topological polar surface area (TPSA) is 83.5 Å². The first-order chi connectivity index (χ1) is 16.2. The van der Waals surface area contributed by atoms with E-state index in [-0.39, 0.29) is 17.6 Å². The van der Waals surface area contributed by atoms with Gasteiger partial charge in [0.25, 0.3) is 5.69 Å². The molecule has 5 rings (SSSR count). The minimum atomic E-state index is -0.426. The Morgan fingerprint density at radius 1 is 0.970 bits per heavy atom. The maximum atomic E-state index is 10.9. The van der Waals surface area contributed by atoms with E-state index in [1.807, 2.05) is 36.4 Å². The molecule has 3 aromatic carbocycles. The molecule has 0 spiro atoms. The highest BCUT2D eigenvalue weighted by Gasteiger charge is 2.41. The van der Waals surface area contributed by atoms with Gasteiger partial charge >= 0.3 is 0 Å². The zero-order valence-corrected chi connectivity index (χ0v) is 18.0. The van der Waals surface area contributed by atoms with E-state index in [1.54, 1.807) is 17.3 Å². The van der Waals surface area contributed by atoms with Crippen molar-refractivity contribution >= 4 is 23.2 Å². The summed E-state index contributed by atoms with van der Waals surface area (Å²) in [5.41, 5.74) is 5.19. The molecular weight excluding hydrogens is 414 g/mol. The molecule has 1 saturated carbocycles. The highest BCUT2D eigenvalue weighted by atomic mass is 16.6. The molecule has 2 aliphatic rings. The van der Waals surface area contributed by atoms with Crippen molar-refractivity contribution in [1.82, 2.24) is 5.12 Å². The summed E-state index contributed by atoms with van der Waals surface area (Å²) in [4.78, 5) is 10.5. The van der Waals surface area contributed by atoms with Crippen LogP contribution in [0.5, 0.6) is 0 Å². The van der Waals surface area contributed by atoms with Crippen LogP contribution >= 0.6 is 0 Å². The van der Waals surface area contributed by atoms with Gasteiger partial charge in [-0.2, -0.15) is 10.2 Å². The van der Waals surface area contributed by atoms with Crippen molar-refractivity contribution in [3.05, 3.63) is 112 Å². The van der Waals surface area contributed by atoms with Gasteiger partial charge in [-0.05, 0) is 59.4 Å². The van der Waals surface area contributed by atoms with Crippen LogP contribution in [-0.2, 0) is 0 Å². The Labute approximate surface area is 191 Å². The van der Waals surface area contributed by atoms with Gasteiger partial charge in [0.2, 0.25) is 0 Å². The minimum absolute atomic E-state index is 0.0271. The lowest BCUT2D eigenvalue weighted by molar-refractivity contribution is -0.384. The number of rotatable bonds is 5. The molecule has 164 valence electrons. The summed E-state index contributed by atoms with van der Waals surface area (Å²) < 4.78 is 0. The molecule has 0 radical (unpaired) electrons. The smallest absolute Gasteiger partial charge is 0.258 e. The van der Waals surface area contributed by atoms with Crippen molar-refractivity contribution in [2.24, 2.45) is 21.4 Å². The summed E-state index contributed by atoms with van der Waals surface area (Å²) in [7, 11) is 0.